The van der Waals surface area contributed by atoms with Crippen LogP contribution in [0, 0.1) is 5.82 Å². The second kappa shape index (κ2) is 19.1. The Labute approximate surface area is 362 Å². The Kier molecular flexibility index (Phi) is 13.2. The Morgan fingerprint density at radius 1 is 0.889 bits per heavy atom. The number of nitrogens with zero attached hydrogens (tertiary/aromatic N) is 4. The van der Waals surface area contributed by atoms with Gasteiger partial charge in [-0.15, -0.1) is 13.2 Å². The number of alkyl halides is 3. The third-order valence-corrected chi connectivity index (χ3v) is 9.98. The summed E-state index contributed by atoms with van der Waals surface area (Å²) < 4.78 is 74.5. The first kappa shape index (κ1) is 43.7. The Hall–Kier alpha value is -7.41. The van der Waals surface area contributed by atoms with Crippen molar-refractivity contribution in [3.8, 4) is 34.3 Å². The number of hydrogen-bond donors (Lipinski definition) is 1. The molecule has 9 nitrogen and oxygen atoms in total. The lowest BCUT2D eigenvalue weighted by Gasteiger charge is -2.15. The number of aromatic nitrogens is 4. The van der Waals surface area contributed by atoms with Crippen molar-refractivity contribution >= 4 is 45.4 Å². The summed E-state index contributed by atoms with van der Waals surface area (Å²) in [5.41, 5.74) is 6.14. The lowest BCUT2D eigenvalue weighted by molar-refractivity contribution is -0.596. The summed E-state index contributed by atoms with van der Waals surface area (Å²) in [7, 11) is 0. The Balaban J connectivity index is 1.24. The van der Waals surface area contributed by atoms with Crippen LogP contribution in [-0.2, 0) is 6.42 Å². The molecule has 0 saturated heterocycles. The molecule has 0 spiro atoms. The topological polar surface area (TPSA) is 99.3 Å². The molecule has 0 aliphatic carbocycles. The number of ketones is 1. The van der Waals surface area contributed by atoms with E-state index >= 15 is 0 Å². The number of ether oxygens (including phenoxy) is 3. The van der Waals surface area contributed by atoms with E-state index in [0.29, 0.717) is 75.1 Å². The van der Waals surface area contributed by atoms with Gasteiger partial charge in [0.15, 0.2) is 24.0 Å². The molecule has 320 valence electrons. The largest absolute Gasteiger partial charge is 0.573 e. The molecule has 4 aromatic carbocycles. The zero-order chi connectivity index (χ0) is 44.7. The van der Waals surface area contributed by atoms with Crippen molar-refractivity contribution in [1.82, 2.24) is 15.0 Å². The van der Waals surface area contributed by atoms with Gasteiger partial charge in [0, 0.05) is 58.4 Å². The number of carbonyl (C=O) groups excluding carboxylic acids is 1. The number of allylic oxidation sites excluding steroid dienone is 2. The third-order valence-electron chi connectivity index (χ3n) is 9.98. The molecule has 1 N–H and O–H groups in total. The lowest BCUT2D eigenvalue weighted by Crippen LogP contribution is -2.32. The summed E-state index contributed by atoms with van der Waals surface area (Å²) in [6.45, 7) is 12.4. The summed E-state index contributed by atoms with van der Waals surface area (Å²) in [6.07, 6.45) is 4.53. The number of halogens is 4. The molecule has 0 amide bonds. The maximum atomic E-state index is 14.3. The average Bonchev–Trinajstić information content (AvgIpc) is 3.26. The van der Waals surface area contributed by atoms with Gasteiger partial charge >= 0.3 is 6.36 Å². The highest BCUT2D eigenvalue weighted by atomic mass is 19.4. The molecule has 0 saturated carbocycles. The third kappa shape index (κ3) is 10.7. The van der Waals surface area contributed by atoms with Gasteiger partial charge in [0.1, 0.15) is 23.1 Å². The van der Waals surface area contributed by atoms with Gasteiger partial charge in [0.05, 0.1) is 18.7 Å². The number of rotatable bonds is 16. The first-order valence-corrected chi connectivity index (χ1v) is 20.2. The van der Waals surface area contributed by atoms with Crippen LogP contribution >= 0.6 is 0 Å². The van der Waals surface area contributed by atoms with Crippen LogP contribution in [0.5, 0.6) is 17.2 Å². The van der Waals surface area contributed by atoms with Crippen LogP contribution in [0.1, 0.15) is 66.7 Å². The first-order valence-electron chi connectivity index (χ1n) is 20.2. The van der Waals surface area contributed by atoms with Crippen molar-refractivity contribution in [2.45, 2.75) is 46.9 Å². The quantitative estimate of drug-likeness (QED) is 0.0583. The normalized spacial score (nSPS) is 11.7. The minimum Gasteiger partial charge on any atom is -0.494 e. The van der Waals surface area contributed by atoms with Crippen molar-refractivity contribution in [3.05, 3.63) is 162 Å². The van der Waals surface area contributed by atoms with Crippen LogP contribution in [0.2, 0.25) is 0 Å². The van der Waals surface area contributed by atoms with Crippen molar-refractivity contribution in [1.29, 1.82) is 0 Å². The van der Waals surface area contributed by atoms with Gasteiger partial charge in [-0.25, -0.2) is 14.4 Å². The second-order valence-corrected chi connectivity index (χ2v) is 14.7. The van der Waals surface area contributed by atoms with Crippen LogP contribution in [0.3, 0.4) is 0 Å². The summed E-state index contributed by atoms with van der Waals surface area (Å²) >= 11 is 0. The van der Waals surface area contributed by atoms with E-state index in [0.717, 1.165) is 23.1 Å². The molecular formula is C50H44F4N5O4+. The Morgan fingerprint density at radius 2 is 1.70 bits per heavy atom. The zero-order valence-corrected chi connectivity index (χ0v) is 35.1. The molecule has 63 heavy (non-hydrogen) atoms. The minimum absolute atomic E-state index is 0.123. The fraction of sp³-hybridized carbons (Fsp3) is 0.180. The maximum absolute atomic E-state index is 14.3. The van der Waals surface area contributed by atoms with Crippen molar-refractivity contribution < 1.29 is 41.1 Å². The van der Waals surface area contributed by atoms with E-state index in [2.05, 4.69) is 21.6 Å². The predicted molar refractivity (Wildman–Crippen MR) is 237 cm³/mol. The van der Waals surface area contributed by atoms with Gasteiger partial charge in [-0.2, -0.15) is 4.57 Å². The van der Waals surface area contributed by atoms with E-state index in [-0.39, 0.29) is 23.6 Å². The molecule has 13 heteroatoms. The van der Waals surface area contributed by atoms with Gasteiger partial charge in [-0.3, -0.25) is 9.78 Å². The molecule has 0 unspecified atom stereocenters. The summed E-state index contributed by atoms with van der Waals surface area (Å²) in [5, 5.41) is 3.81. The Morgan fingerprint density at radius 3 is 2.44 bits per heavy atom. The number of carbonyl (C=O) groups is 1. The van der Waals surface area contributed by atoms with E-state index in [9.17, 15) is 22.4 Å². The standard InChI is InChI=1S/C50H44F4N5O4/c1-6-22-62-41-16-18-45-44(28-41)49(58-48(57-45)35-10-8-20-55-29-35)56-39-14-19-46(47(26-39)63-50(52,53)54)59-21-9-11-36(30-59)31(3)23-34-12-15-40(61-7-2)27-43(34)32(4)24-37-25-38(51)13-17-42(37)33(5)60/h8-21,23,25-30H,4,6-7,22,24H2,1-3,5H3,(H,56,57,58)/q+1. The highest BCUT2D eigenvalue weighted by Gasteiger charge is 2.34. The highest BCUT2D eigenvalue weighted by Crippen LogP contribution is 2.35. The second-order valence-electron chi connectivity index (χ2n) is 14.7. The summed E-state index contributed by atoms with van der Waals surface area (Å²) in [6, 6.07) is 26.6. The lowest BCUT2D eigenvalue weighted by atomic mass is 9.91. The molecule has 3 aromatic heterocycles. The van der Waals surface area contributed by atoms with E-state index in [4.69, 9.17) is 19.4 Å². The van der Waals surface area contributed by atoms with Crippen LogP contribution < -0.4 is 24.1 Å². The molecule has 7 aromatic rings. The molecule has 0 aliphatic heterocycles. The fourth-order valence-corrected chi connectivity index (χ4v) is 7.06. The number of anilines is 2. The SMILES string of the molecule is C=C(Cc1cc(F)ccc1C(C)=O)c1cc(OCC)ccc1C=C(C)c1ccc[n+](-c2ccc(Nc3nc(-c4cccnc4)nc4ccc(OCCC)cc34)cc2OC(F)(F)F)c1. The fourth-order valence-electron chi connectivity index (χ4n) is 7.06. The number of nitrogens with one attached hydrogen (secondary N) is 1. The van der Waals surface area contributed by atoms with Crippen molar-refractivity contribution in [2.75, 3.05) is 18.5 Å². The minimum atomic E-state index is -5.01. The van der Waals surface area contributed by atoms with Crippen LogP contribution in [0.4, 0.5) is 29.1 Å². The number of Topliss-reactive ketones (excluding diaryl/α,β-unsaturated/α-hetero) is 1. The number of hydrogen-bond acceptors (Lipinski definition) is 8. The van der Waals surface area contributed by atoms with E-state index in [1.165, 1.54) is 37.3 Å². The smallest absolute Gasteiger partial charge is 0.494 e. The highest BCUT2D eigenvalue weighted by molar-refractivity contribution is 5.96. The molecule has 7 rings (SSSR count). The van der Waals surface area contributed by atoms with Gasteiger partial charge in [0.25, 0.3) is 5.69 Å². The summed E-state index contributed by atoms with van der Waals surface area (Å²) in [4.78, 5) is 26.1. The zero-order valence-electron chi connectivity index (χ0n) is 35.1. The van der Waals surface area contributed by atoms with E-state index < -0.39 is 17.9 Å². The van der Waals surface area contributed by atoms with Crippen LogP contribution in [0.15, 0.2) is 128 Å². The van der Waals surface area contributed by atoms with E-state index in [1.54, 1.807) is 59.7 Å². The molecular weight excluding hydrogens is 811 g/mol. The number of pyridine rings is 2. The van der Waals surface area contributed by atoms with Crippen molar-refractivity contribution in [3.63, 3.8) is 0 Å². The van der Waals surface area contributed by atoms with Gasteiger partial charge in [-0.1, -0.05) is 25.6 Å². The predicted octanol–water partition coefficient (Wildman–Crippen LogP) is 12.0. The molecule has 3 heterocycles. The van der Waals surface area contributed by atoms with Crippen molar-refractivity contribution in [2.24, 2.45) is 0 Å². The van der Waals surface area contributed by atoms with Gasteiger partial charge in [0.2, 0.25) is 5.75 Å². The molecule has 0 fully saturated rings. The maximum Gasteiger partial charge on any atom is 0.573 e. The first-order chi connectivity index (χ1) is 30.3. The van der Waals surface area contributed by atoms with Gasteiger partial charge in [-0.05, 0) is 134 Å². The molecule has 0 aliphatic rings. The van der Waals surface area contributed by atoms with Crippen LogP contribution in [-0.4, -0.2) is 40.3 Å². The number of fused-ring (bicyclic) bond motifs is 1. The molecule has 0 bridgehead atoms. The average molecular weight is 855 g/mol. The monoisotopic (exact) mass is 854 g/mol. The Bertz CT molecular complexity index is 2850. The van der Waals surface area contributed by atoms with Gasteiger partial charge < -0.3 is 19.5 Å². The number of benzene rings is 4. The molecule has 0 radical (unpaired) electrons. The van der Waals surface area contributed by atoms with E-state index in [1.807, 2.05) is 63.2 Å². The molecule has 0 atom stereocenters. The van der Waals surface area contributed by atoms with Crippen LogP contribution in [0.25, 0.3) is 45.2 Å². The summed E-state index contributed by atoms with van der Waals surface area (Å²) in [5.74, 6) is 0.804.